The average Bonchev–Trinajstić information content (AvgIpc) is 2.99. The van der Waals surface area contributed by atoms with Crippen LogP contribution < -0.4 is 0 Å². The Balaban J connectivity index is 3.29. The second-order valence-corrected chi connectivity index (χ2v) is 12.7. The third-order valence-corrected chi connectivity index (χ3v) is 8.72. The SMILES string of the molecule is C=C/C=C\[C@H](C)[C@@H]1OC(=O)/C=C\C=C\[C@@H](CCCCN=[N+]=[N-])[C@@H](O)C[C@H](O)/C=C\[C@H](C)[C@H](O)[C@@H](C)C[C@@H](C)CC[C@@H](O)[C@@H]1C. The first-order valence-electron chi connectivity index (χ1n) is 16.2. The minimum Gasteiger partial charge on any atom is -0.458 e. The largest absolute Gasteiger partial charge is 0.458 e. The van der Waals surface area contributed by atoms with Gasteiger partial charge in [-0.25, -0.2) is 4.79 Å². The minimum absolute atomic E-state index is 0.00393. The molecule has 0 spiro atoms. The molecule has 9 heteroatoms. The van der Waals surface area contributed by atoms with E-state index in [4.69, 9.17) is 10.3 Å². The summed E-state index contributed by atoms with van der Waals surface area (Å²) in [6.45, 7) is 14.0. The van der Waals surface area contributed by atoms with Crippen molar-refractivity contribution in [2.75, 3.05) is 6.54 Å². The van der Waals surface area contributed by atoms with Crippen LogP contribution in [-0.2, 0) is 9.53 Å². The Hall–Kier alpha value is -2.68. The zero-order valence-electron chi connectivity index (χ0n) is 27.4. The first-order valence-corrected chi connectivity index (χ1v) is 16.2. The van der Waals surface area contributed by atoms with E-state index in [1.807, 2.05) is 39.8 Å². The molecule has 4 N–H and O–H groups in total. The molecular formula is C35H57N3O6. The summed E-state index contributed by atoms with van der Waals surface area (Å²) in [7, 11) is 0. The van der Waals surface area contributed by atoms with Crippen molar-refractivity contribution in [1.82, 2.24) is 0 Å². The summed E-state index contributed by atoms with van der Waals surface area (Å²) < 4.78 is 5.87. The van der Waals surface area contributed by atoms with Gasteiger partial charge in [-0.15, -0.1) is 0 Å². The maximum atomic E-state index is 12.9. The van der Waals surface area contributed by atoms with Gasteiger partial charge in [-0.1, -0.05) is 101 Å². The van der Waals surface area contributed by atoms with Crippen molar-refractivity contribution in [2.45, 2.75) is 110 Å². The number of azide groups is 1. The average molecular weight is 616 g/mol. The lowest BCUT2D eigenvalue weighted by molar-refractivity contribution is -0.150. The first-order chi connectivity index (χ1) is 20.9. The zero-order chi connectivity index (χ0) is 33.1. The summed E-state index contributed by atoms with van der Waals surface area (Å²) in [5.41, 5.74) is 8.52. The lowest BCUT2D eigenvalue weighted by atomic mass is 9.82. The van der Waals surface area contributed by atoms with Gasteiger partial charge in [-0.2, -0.15) is 0 Å². The molecule has 248 valence electrons. The van der Waals surface area contributed by atoms with E-state index in [2.05, 4.69) is 23.5 Å². The van der Waals surface area contributed by atoms with Crippen LogP contribution in [0, 0.1) is 35.5 Å². The third-order valence-electron chi connectivity index (χ3n) is 8.72. The number of allylic oxidation sites excluding steroid dienone is 4. The van der Waals surface area contributed by atoms with Crippen LogP contribution >= 0.6 is 0 Å². The van der Waals surface area contributed by atoms with Crippen LogP contribution in [-0.4, -0.2) is 63.5 Å². The van der Waals surface area contributed by atoms with Crippen LogP contribution in [0.4, 0.5) is 0 Å². The van der Waals surface area contributed by atoms with Gasteiger partial charge in [0, 0.05) is 47.6 Å². The van der Waals surface area contributed by atoms with Gasteiger partial charge in [-0.3, -0.25) is 0 Å². The van der Waals surface area contributed by atoms with Crippen LogP contribution in [0.3, 0.4) is 0 Å². The molecule has 1 aliphatic rings. The van der Waals surface area contributed by atoms with Gasteiger partial charge in [0.1, 0.15) is 6.10 Å². The summed E-state index contributed by atoms with van der Waals surface area (Å²) in [5.74, 6) is -1.24. The number of carbonyl (C=O) groups is 1. The number of hydrogen-bond acceptors (Lipinski definition) is 7. The van der Waals surface area contributed by atoms with Gasteiger partial charge in [0.15, 0.2) is 0 Å². The smallest absolute Gasteiger partial charge is 0.331 e. The molecule has 0 unspecified atom stereocenters. The second-order valence-electron chi connectivity index (χ2n) is 12.7. The van der Waals surface area contributed by atoms with E-state index in [1.54, 1.807) is 36.5 Å². The Bertz CT molecular complexity index is 1000. The summed E-state index contributed by atoms with van der Waals surface area (Å²) in [6, 6.07) is 0. The number of carbonyl (C=O) groups excluding carboxylic acids is 1. The van der Waals surface area contributed by atoms with Crippen molar-refractivity contribution < 1.29 is 30.0 Å². The summed E-state index contributed by atoms with van der Waals surface area (Å²) in [6.07, 6.45) is 15.8. The molecule has 0 aromatic carbocycles. The van der Waals surface area contributed by atoms with Gasteiger partial charge < -0.3 is 25.2 Å². The molecule has 0 saturated carbocycles. The van der Waals surface area contributed by atoms with Crippen molar-refractivity contribution in [3.63, 3.8) is 0 Å². The van der Waals surface area contributed by atoms with Crippen LogP contribution in [0.5, 0.6) is 0 Å². The number of esters is 1. The highest BCUT2D eigenvalue weighted by Crippen LogP contribution is 2.28. The van der Waals surface area contributed by atoms with Crippen LogP contribution in [0.25, 0.3) is 10.4 Å². The monoisotopic (exact) mass is 615 g/mol. The Kier molecular flexibility index (Phi) is 19.6. The standard InChI is InChI=1S/C35H57N3O6/c1-7-8-13-26(4)35-28(6)31(40)20-17-24(2)22-27(5)34(43)25(3)18-19-30(39)23-32(41)29(15-11-12-21-37-38-36)14-9-10-16-33(42)44-35/h7-10,13-14,16,18-19,24-32,34-35,39-41,43H,1,11-12,15,17,20-23H2,2-6H3/b13-8-,14-9+,16-10-,19-18-/t24-,25-,26-,27-,28-,29-,30+,31+,32-,34-,35-/m0/s1. The Labute approximate surface area is 264 Å². The predicted octanol–water partition coefficient (Wildman–Crippen LogP) is 6.60. The number of hydrogen-bond donors (Lipinski definition) is 4. The fourth-order valence-corrected chi connectivity index (χ4v) is 5.86. The van der Waals surface area contributed by atoms with Crippen LogP contribution in [0.1, 0.15) is 79.6 Å². The molecule has 0 aromatic rings. The van der Waals surface area contributed by atoms with Gasteiger partial charge in [0.25, 0.3) is 0 Å². The Morgan fingerprint density at radius 3 is 2.45 bits per heavy atom. The quantitative estimate of drug-likeness (QED) is 0.0458. The molecule has 1 aliphatic heterocycles. The van der Waals surface area contributed by atoms with Gasteiger partial charge in [-0.05, 0) is 49.5 Å². The number of unbranched alkanes of at least 4 members (excludes halogenated alkanes) is 1. The Morgan fingerprint density at radius 1 is 1.05 bits per heavy atom. The molecule has 11 atom stereocenters. The fraction of sp³-hybridized carbons (Fsp3) is 0.686. The van der Waals surface area contributed by atoms with Crippen molar-refractivity contribution in [1.29, 1.82) is 0 Å². The van der Waals surface area contributed by atoms with E-state index in [9.17, 15) is 25.2 Å². The number of nitrogens with zero attached hydrogens (tertiary/aromatic N) is 3. The van der Waals surface area contributed by atoms with E-state index in [1.165, 1.54) is 6.08 Å². The number of cyclic esters (lactones) is 1. The highest BCUT2D eigenvalue weighted by atomic mass is 16.5. The lowest BCUT2D eigenvalue weighted by Gasteiger charge is -2.31. The topological polar surface area (TPSA) is 156 Å². The highest BCUT2D eigenvalue weighted by molar-refractivity contribution is 5.82. The predicted molar refractivity (Wildman–Crippen MR) is 176 cm³/mol. The second kappa shape index (κ2) is 21.9. The molecule has 0 amide bonds. The van der Waals surface area contributed by atoms with Crippen molar-refractivity contribution in [3.8, 4) is 0 Å². The zero-order valence-corrected chi connectivity index (χ0v) is 27.4. The number of aliphatic hydroxyl groups is 4. The maximum absolute atomic E-state index is 12.9. The number of ether oxygens (including phenoxy) is 1. The first kappa shape index (κ1) is 39.3. The molecule has 1 heterocycles. The minimum atomic E-state index is -0.895. The lowest BCUT2D eigenvalue weighted by Crippen LogP contribution is -2.37. The van der Waals surface area contributed by atoms with E-state index in [0.717, 1.165) is 12.8 Å². The van der Waals surface area contributed by atoms with Crippen molar-refractivity contribution >= 4 is 5.97 Å². The molecule has 9 nitrogen and oxygen atoms in total. The molecule has 0 aromatic heterocycles. The molecule has 0 bridgehead atoms. The summed E-state index contributed by atoms with van der Waals surface area (Å²) in [5, 5.41) is 47.3. The van der Waals surface area contributed by atoms with Gasteiger partial charge in [0.05, 0.1) is 24.4 Å². The summed E-state index contributed by atoms with van der Waals surface area (Å²) in [4.78, 5) is 15.6. The van der Waals surface area contributed by atoms with Gasteiger partial charge in [0.2, 0.25) is 0 Å². The number of aliphatic hydroxyl groups excluding tert-OH is 4. The van der Waals surface area contributed by atoms with E-state index >= 15 is 0 Å². The Morgan fingerprint density at radius 2 is 1.77 bits per heavy atom. The molecule has 0 saturated heterocycles. The van der Waals surface area contributed by atoms with Gasteiger partial charge >= 0.3 is 5.97 Å². The third kappa shape index (κ3) is 15.4. The molecule has 0 fully saturated rings. The fourth-order valence-electron chi connectivity index (χ4n) is 5.86. The summed E-state index contributed by atoms with van der Waals surface area (Å²) >= 11 is 0. The van der Waals surface area contributed by atoms with E-state index in [-0.39, 0.29) is 41.9 Å². The van der Waals surface area contributed by atoms with E-state index in [0.29, 0.717) is 32.2 Å². The highest BCUT2D eigenvalue weighted by Gasteiger charge is 2.31. The molecular weight excluding hydrogens is 558 g/mol. The molecule has 1 rings (SSSR count). The normalized spacial score (nSPS) is 36.5. The number of rotatable bonds is 8. The maximum Gasteiger partial charge on any atom is 0.331 e. The molecule has 0 aliphatic carbocycles. The van der Waals surface area contributed by atoms with Crippen molar-refractivity contribution in [3.05, 3.63) is 71.7 Å². The molecule has 0 radical (unpaired) electrons. The van der Waals surface area contributed by atoms with Crippen LogP contribution in [0.15, 0.2) is 66.4 Å². The molecule has 44 heavy (non-hydrogen) atoms. The van der Waals surface area contributed by atoms with Crippen molar-refractivity contribution in [2.24, 2.45) is 40.6 Å². The van der Waals surface area contributed by atoms with Crippen LogP contribution in [0.2, 0.25) is 0 Å². The van der Waals surface area contributed by atoms with E-state index < -0.39 is 36.5 Å².